The maximum absolute atomic E-state index is 13.3. The highest BCUT2D eigenvalue weighted by molar-refractivity contribution is 5.84. The minimum Gasteiger partial charge on any atom is -0.469 e. The number of anilines is 1. The molecule has 0 unspecified atom stereocenters. The van der Waals surface area contributed by atoms with Gasteiger partial charge in [0.15, 0.2) is 12.1 Å². The van der Waals surface area contributed by atoms with Crippen LogP contribution in [0.1, 0.15) is 109 Å². The number of rotatable bonds is 17. The Bertz CT molecular complexity index is 1070. The van der Waals surface area contributed by atoms with Gasteiger partial charge in [-0.05, 0) is 62.9 Å². The fraction of sp³-hybridized carbons (Fsp3) is 0.778. The molecule has 258 valence electrons. The average Bonchev–Trinajstić information content (AvgIpc) is 3.77. The molecule has 10 heteroatoms. The van der Waals surface area contributed by atoms with E-state index in [4.69, 9.17) is 28.4 Å². The summed E-state index contributed by atoms with van der Waals surface area (Å²) >= 11 is 0. The number of unbranched alkanes of at least 4 members (excludes halogenated alkanes) is 7. The normalized spacial score (nSPS) is 26.2. The second-order valence-corrected chi connectivity index (χ2v) is 13.5. The molecule has 1 saturated carbocycles. The summed E-state index contributed by atoms with van der Waals surface area (Å²) in [6, 6.07) is 7.10. The van der Waals surface area contributed by atoms with E-state index in [2.05, 4.69) is 17.1 Å². The number of nitrogens with one attached hydrogen (secondary N) is 1. The van der Waals surface area contributed by atoms with Crippen LogP contribution in [0.3, 0.4) is 0 Å². The van der Waals surface area contributed by atoms with Crippen molar-refractivity contribution in [3.05, 3.63) is 29.8 Å². The predicted molar refractivity (Wildman–Crippen MR) is 175 cm³/mol. The van der Waals surface area contributed by atoms with Gasteiger partial charge in [0.25, 0.3) is 0 Å². The molecule has 3 saturated heterocycles. The maximum Gasteiger partial charge on any atom is 0.412 e. The smallest absolute Gasteiger partial charge is 0.412 e. The van der Waals surface area contributed by atoms with Gasteiger partial charge in [0.2, 0.25) is 0 Å². The Balaban J connectivity index is 1.23. The van der Waals surface area contributed by atoms with E-state index in [0.29, 0.717) is 18.8 Å². The quantitative estimate of drug-likeness (QED) is 0.146. The lowest BCUT2D eigenvalue weighted by Gasteiger charge is -2.36. The molecule has 1 aromatic rings. The summed E-state index contributed by atoms with van der Waals surface area (Å²) < 4.78 is 37.3. The molecule has 1 aromatic carbocycles. The van der Waals surface area contributed by atoms with E-state index in [1.807, 2.05) is 0 Å². The zero-order valence-electron chi connectivity index (χ0n) is 28.1. The number of carbonyl (C=O) groups excluding carboxylic acids is 2. The van der Waals surface area contributed by atoms with Gasteiger partial charge >= 0.3 is 12.1 Å². The van der Waals surface area contributed by atoms with Gasteiger partial charge in [-0.1, -0.05) is 70.4 Å². The van der Waals surface area contributed by atoms with Crippen molar-refractivity contribution in [2.75, 3.05) is 38.7 Å². The predicted octanol–water partition coefficient (Wildman–Crippen LogP) is 6.74. The molecule has 0 aromatic heterocycles. The molecule has 1 aliphatic carbocycles. The molecular formula is C36H56N2O8. The Hall–Kier alpha value is -2.24. The second-order valence-electron chi connectivity index (χ2n) is 13.5. The third-order valence-electron chi connectivity index (χ3n) is 9.85. The number of hydrogen-bond donors (Lipinski definition) is 1. The van der Waals surface area contributed by atoms with E-state index in [1.54, 1.807) is 24.3 Å². The van der Waals surface area contributed by atoms with Crippen LogP contribution in [-0.4, -0.2) is 86.8 Å². The minimum atomic E-state index is -0.596. The van der Waals surface area contributed by atoms with Crippen molar-refractivity contribution >= 4 is 17.7 Å². The molecule has 4 aliphatic rings. The zero-order chi connectivity index (χ0) is 32.2. The molecule has 46 heavy (non-hydrogen) atoms. The Morgan fingerprint density at radius 2 is 1.63 bits per heavy atom. The van der Waals surface area contributed by atoms with Gasteiger partial charge in [-0.25, -0.2) is 4.79 Å². The Morgan fingerprint density at radius 1 is 0.935 bits per heavy atom. The van der Waals surface area contributed by atoms with Crippen molar-refractivity contribution in [2.24, 2.45) is 0 Å². The van der Waals surface area contributed by atoms with Crippen molar-refractivity contribution < 1.29 is 38.0 Å². The van der Waals surface area contributed by atoms with Crippen LogP contribution in [0.25, 0.3) is 0 Å². The standard InChI is InChI=1S/C36H56N2O8/c1-3-4-5-6-7-8-9-15-24-42-32-31(44-34-33(32)45-36(46-34)20-11-10-12-21-36)29(26-38-22-13-14-23-38)43-35(40)37-28-18-16-27(17-19-28)25-30(39)41-2/h16-19,29,31-34H,3-15,20-26H2,1-2H3,(H,37,40)/t29-,31-,32+,33-,34-/m1/s1. The molecule has 0 radical (unpaired) electrons. The SMILES string of the molecule is CCCCCCCCCCO[C@@H]1[C@H]2OC3(CCCCC3)O[C@H]2O[C@@H]1[C@@H](CN1CCCC1)OC(=O)Nc1ccc(CC(=O)OC)cc1. The summed E-state index contributed by atoms with van der Waals surface area (Å²) in [4.78, 5) is 27.3. The number of fused-ring (bicyclic) bond motifs is 1. The van der Waals surface area contributed by atoms with Crippen molar-refractivity contribution in [3.63, 3.8) is 0 Å². The van der Waals surface area contributed by atoms with Crippen molar-refractivity contribution in [1.29, 1.82) is 0 Å². The Morgan fingerprint density at radius 3 is 2.33 bits per heavy atom. The minimum absolute atomic E-state index is 0.173. The van der Waals surface area contributed by atoms with E-state index >= 15 is 0 Å². The zero-order valence-corrected chi connectivity index (χ0v) is 28.1. The van der Waals surface area contributed by atoms with Gasteiger partial charge in [-0.3, -0.25) is 15.0 Å². The first-order valence-corrected chi connectivity index (χ1v) is 18.0. The number of methoxy groups -OCH3 is 1. The van der Waals surface area contributed by atoms with Gasteiger partial charge in [-0.15, -0.1) is 0 Å². The highest BCUT2D eigenvalue weighted by Gasteiger charge is 2.60. The van der Waals surface area contributed by atoms with Crippen LogP contribution >= 0.6 is 0 Å². The lowest BCUT2D eigenvalue weighted by molar-refractivity contribution is -0.256. The highest BCUT2D eigenvalue weighted by Crippen LogP contribution is 2.46. The molecule has 3 heterocycles. The van der Waals surface area contributed by atoms with Gasteiger partial charge in [0.1, 0.15) is 24.4 Å². The summed E-state index contributed by atoms with van der Waals surface area (Å²) in [5.74, 6) is -0.908. The van der Waals surface area contributed by atoms with Crippen LogP contribution in [-0.2, 0) is 39.6 Å². The number of likely N-dealkylation sites (tertiary alicyclic amines) is 1. The first-order valence-electron chi connectivity index (χ1n) is 18.0. The molecule has 0 bridgehead atoms. The van der Waals surface area contributed by atoms with E-state index in [-0.39, 0.29) is 18.5 Å². The summed E-state index contributed by atoms with van der Waals surface area (Å²) in [6.07, 6.45) is 14.4. The fourth-order valence-electron chi connectivity index (χ4n) is 7.28. The van der Waals surface area contributed by atoms with Gasteiger partial charge in [0.05, 0.1) is 13.5 Å². The highest BCUT2D eigenvalue weighted by atomic mass is 16.8. The molecule has 10 nitrogen and oxygen atoms in total. The summed E-state index contributed by atoms with van der Waals surface area (Å²) in [5.41, 5.74) is 1.38. The number of benzene rings is 1. The van der Waals surface area contributed by atoms with Crippen molar-refractivity contribution in [3.8, 4) is 0 Å². The van der Waals surface area contributed by atoms with E-state index in [9.17, 15) is 9.59 Å². The van der Waals surface area contributed by atoms with Crippen molar-refractivity contribution in [2.45, 2.75) is 146 Å². The van der Waals surface area contributed by atoms with Gasteiger partial charge < -0.3 is 28.4 Å². The van der Waals surface area contributed by atoms with Gasteiger partial charge in [0, 0.05) is 31.7 Å². The van der Waals surface area contributed by atoms with E-state index < -0.39 is 36.5 Å². The second kappa shape index (κ2) is 17.8. The monoisotopic (exact) mass is 644 g/mol. The fourth-order valence-corrected chi connectivity index (χ4v) is 7.28. The summed E-state index contributed by atoms with van der Waals surface area (Å²) in [6.45, 7) is 5.34. The van der Waals surface area contributed by atoms with Crippen LogP contribution in [0.2, 0.25) is 0 Å². The lowest BCUT2D eigenvalue weighted by Crippen LogP contribution is -2.49. The molecule has 5 atom stereocenters. The molecular weight excluding hydrogens is 588 g/mol. The molecule has 1 spiro atoms. The van der Waals surface area contributed by atoms with Crippen LogP contribution in [0.15, 0.2) is 24.3 Å². The Kier molecular flexibility index (Phi) is 13.6. The third-order valence-corrected chi connectivity index (χ3v) is 9.85. The number of esters is 1. The topological polar surface area (TPSA) is 105 Å². The van der Waals surface area contributed by atoms with Crippen LogP contribution in [0, 0.1) is 0 Å². The largest absolute Gasteiger partial charge is 0.469 e. The Labute approximate surface area is 275 Å². The lowest BCUT2D eigenvalue weighted by atomic mass is 9.94. The van der Waals surface area contributed by atoms with E-state index in [1.165, 1.54) is 52.1 Å². The average molecular weight is 645 g/mol. The number of ether oxygens (including phenoxy) is 6. The first-order chi connectivity index (χ1) is 22.5. The maximum atomic E-state index is 13.3. The number of nitrogens with zero attached hydrogens (tertiary/aromatic N) is 1. The number of amides is 1. The number of hydrogen-bond acceptors (Lipinski definition) is 9. The molecule has 5 rings (SSSR count). The van der Waals surface area contributed by atoms with Crippen LogP contribution < -0.4 is 5.32 Å². The van der Waals surface area contributed by atoms with Crippen molar-refractivity contribution in [1.82, 2.24) is 4.90 Å². The third kappa shape index (κ3) is 9.89. The van der Waals surface area contributed by atoms with Crippen LogP contribution in [0.5, 0.6) is 0 Å². The molecule has 1 amide bonds. The molecule has 1 N–H and O–H groups in total. The molecule has 4 fully saturated rings. The number of carbonyl (C=O) groups is 2. The van der Waals surface area contributed by atoms with E-state index in [0.717, 1.165) is 70.0 Å². The van der Waals surface area contributed by atoms with Gasteiger partial charge in [-0.2, -0.15) is 0 Å². The molecule has 3 aliphatic heterocycles. The van der Waals surface area contributed by atoms with Crippen LogP contribution in [0.4, 0.5) is 10.5 Å². The summed E-state index contributed by atoms with van der Waals surface area (Å²) in [5, 5.41) is 2.86. The summed E-state index contributed by atoms with van der Waals surface area (Å²) in [7, 11) is 1.37. The first kappa shape index (κ1) is 35.1.